The van der Waals surface area contributed by atoms with E-state index in [1.807, 2.05) is 23.1 Å². The van der Waals surface area contributed by atoms with Crippen LogP contribution in [0.3, 0.4) is 0 Å². The van der Waals surface area contributed by atoms with Crippen molar-refractivity contribution < 1.29 is 14.3 Å². The van der Waals surface area contributed by atoms with Gasteiger partial charge in [-0.05, 0) is 18.2 Å². The van der Waals surface area contributed by atoms with Gasteiger partial charge in [-0.2, -0.15) is 0 Å². The molecule has 1 aromatic heterocycles. The predicted molar refractivity (Wildman–Crippen MR) is 80.2 cm³/mol. The lowest BCUT2D eigenvalue weighted by molar-refractivity contribution is 0.0731. The summed E-state index contributed by atoms with van der Waals surface area (Å²) in [5.41, 5.74) is 1.35. The molecule has 6 heteroatoms. The first-order valence-electron chi connectivity index (χ1n) is 6.98. The minimum absolute atomic E-state index is 0.0109. The molecule has 2 N–H and O–H groups in total. The number of nitrogens with one attached hydrogen (secondary N) is 2. The van der Waals surface area contributed by atoms with Crippen molar-refractivity contribution in [1.29, 1.82) is 0 Å². The number of fused-ring (bicyclic) bond motifs is 1. The Hall–Kier alpha value is -2.21. The predicted octanol–water partition coefficient (Wildman–Crippen LogP) is 1.23. The van der Waals surface area contributed by atoms with Crippen LogP contribution < -0.4 is 14.8 Å². The molecule has 1 aliphatic heterocycles. The number of H-pyrrole nitrogens is 1. The third kappa shape index (κ3) is 2.42. The Labute approximate surface area is 123 Å². The van der Waals surface area contributed by atoms with Gasteiger partial charge in [0.1, 0.15) is 17.2 Å². The fraction of sp³-hybridized carbons (Fsp3) is 0.400. The van der Waals surface area contributed by atoms with Crippen molar-refractivity contribution in [2.24, 2.45) is 0 Å². The van der Waals surface area contributed by atoms with Crippen molar-refractivity contribution in [3.63, 3.8) is 0 Å². The van der Waals surface area contributed by atoms with Crippen LogP contribution in [0, 0.1) is 0 Å². The van der Waals surface area contributed by atoms with Gasteiger partial charge in [-0.1, -0.05) is 0 Å². The summed E-state index contributed by atoms with van der Waals surface area (Å²) in [6, 6.07) is 5.51. The molecule has 1 aromatic carbocycles. The van der Waals surface area contributed by atoms with Crippen LogP contribution in [0.25, 0.3) is 10.9 Å². The van der Waals surface area contributed by atoms with Gasteiger partial charge in [-0.25, -0.2) is 0 Å². The zero-order valence-electron chi connectivity index (χ0n) is 12.2. The molecule has 1 amide bonds. The Kier molecular flexibility index (Phi) is 3.70. The summed E-state index contributed by atoms with van der Waals surface area (Å²) >= 11 is 0. The van der Waals surface area contributed by atoms with Crippen LogP contribution in [0.15, 0.2) is 18.2 Å². The number of benzene rings is 1. The number of hydrogen-bond acceptors (Lipinski definition) is 4. The maximum absolute atomic E-state index is 12.6. The molecule has 0 unspecified atom stereocenters. The summed E-state index contributed by atoms with van der Waals surface area (Å²) < 4.78 is 10.7. The Morgan fingerprint density at radius 3 is 2.48 bits per heavy atom. The Morgan fingerprint density at radius 2 is 1.81 bits per heavy atom. The zero-order valence-corrected chi connectivity index (χ0v) is 12.2. The Balaban J connectivity index is 2.01. The molecule has 1 fully saturated rings. The number of piperazine rings is 1. The number of hydrogen-bond donors (Lipinski definition) is 2. The topological polar surface area (TPSA) is 66.6 Å². The van der Waals surface area contributed by atoms with Gasteiger partial charge in [0.25, 0.3) is 5.91 Å². The first-order chi connectivity index (χ1) is 10.2. The lowest BCUT2D eigenvalue weighted by atomic mass is 10.2. The molecule has 1 saturated heterocycles. The van der Waals surface area contributed by atoms with Gasteiger partial charge in [0.15, 0.2) is 0 Å². The number of aromatic amines is 1. The first-order valence-corrected chi connectivity index (χ1v) is 6.98. The number of amides is 1. The van der Waals surface area contributed by atoms with E-state index in [-0.39, 0.29) is 5.91 Å². The monoisotopic (exact) mass is 289 g/mol. The maximum atomic E-state index is 12.6. The minimum Gasteiger partial charge on any atom is -0.496 e. The average molecular weight is 289 g/mol. The smallest absolute Gasteiger partial charge is 0.270 e. The highest BCUT2D eigenvalue weighted by atomic mass is 16.5. The maximum Gasteiger partial charge on any atom is 0.270 e. The highest BCUT2D eigenvalue weighted by Crippen LogP contribution is 2.33. The van der Waals surface area contributed by atoms with Crippen LogP contribution in [0.1, 0.15) is 10.5 Å². The summed E-state index contributed by atoms with van der Waals surface area (Å²) in [5.74, 6) is 1.43. The number of aromatic nitrogens is 1. The van der Waals surface area contributed by atoms with E-state index >= 15 is 0 Å². The summed E-state index contributed by atoms with van der Waals surface area (Å²) in [7, 11) is 3.23. The van der Waals surface area contributed by atoms with E-state index in [4.69, 9.17) is 9.47 Å². The molecular formula is C15H19N3O3. The zero-order chi connectivity index (χ0) is 14.8. The van der Waals surface area contributed by atoms with E-state index in [1.165, 1.54) is 0 Å². The standard InChI is InChI=1S/C15H19N3O3/c1-20-12-3-4-13(21-2)14-10(12)9-11(17-14)15(19)18-7-5-16-6-8-18/h3-4,9,16-17H,5-8H2,1-2H3. The van der Waals surface area contributed by atoms with Crippen molar-refractivity contribution in [2.45, 2.75) is 0 Å². The molecule has 2 heterocycles. The molecule has 1 aliphatic rings. The third-order valence-corrected chi connectivity index (χ3v) is 3.79. The number of methoxy groups -OCH3 is 2. The normalized spacial score (nSPS) is 15.2. The van der Waals surface area contributed by atoms with Crippen LogP contribution in [0.4, 0.5) is 0 Å². The highest BCUT2D eigenvalue weighted by Gasteiger charge is 2.21. The molecule has 21 heavy (non-hydrogen) atoms. The number of nitrogens with zero attached hydrogens (tertiary/aromatic N) is 1. The summed E-state index contributed by atoms with van der Waals surface area (Å²) in [5, 5.41) is 4.10. The lowest BCUT2D eigenvalue weighted by Gasteiger charge is -2.26. The second kappa shape index (κ2) is 5.65. The van der Waals surface area contributed by atoms with Crippen LogP contribution in [-0.2, 0) is 0 Å². The van der Waals surface area contributed by atoms with E-state index in [0.29, 0.717) is 11.4 Å². The van der Waals surface area contributed by atoms with Crippen molar-refractivity contribution >= 4 is 16.8 Å². The molecule has 0 spiro atoms. The first kappa shape index (κ1) is 13.8. The second-order valence-electron chi connectivity index (χ2n) is 4.98. The molecule has 0 bridgehead atoms. The van der Waals surface area contributed by atoms with Crippen molar-refractivity contribution in [1.82, 2.24) is 15.2 Å². The van der Waals surface area contributed by atoms with Crippen LogP contribution in [-0.4, -0.2) is 56.2 Å². The van der Waals surface area contributed by atoms with Gasteiger partial charge < -0.3 is 24.7 Å². The molecule has 0 radical (unpaired) electrons. The third-order valence-electron chi connectivity index (χ3n) is 3.79. The fourth-order valence-electron chi connectivity index (χ4n) is 2.67. The molecule has 3 rings (SSSR count). The van der Waals surface area contributed by atoms with Crippen molar-refractivity contribution in [3.8, 4) is 11.5 Å². The molecule has 6 nitrogen and oxygen atoms in total. The lowest BCUT2D eigenvalue weighted by Crippen LogP contribution is -2.46. The van der Waals surface area contributed by atoms with Gasteiger partial charge >= 0.3 is 0 Å². The number of carbonyl (C=O) groups is 1. The van der Waals surface area contributed by atoms with Crippen LogP contribution in [0.2, 0.25) is 0 Å². The van der Waals surface area contributed by atoms with Crippen molar-refractivity contribution in [3.05, 3.63) is 23.9 Å². The molecule has 0 aliphatic carbocycles. The van der Waals surface area contributed by atoms with Crippen LogP contribution >= 0.6 is 0 Å². The van der Waals surface area contributed by atoms with E-state index in [0.717, 1.165) is 42.8 Å². The summed E-state index contributed by atoms with van der Waals surface area (Å²) in [6.07, 6.45) is 0. The van der Waals surface area contributed by atoms with E-state index in [2.05, 4.69) is 10.3 Å². The quantitative estimate of drug-likeness (QED) is 0.892. The number of carbonyl (C=O) groups excluding carboxylic acids is 1. The van der Waals surface area contributed by atoms with E-state index in [1.54, 1.807) is 14.2 Å². The average Bonchev–Trinajstić information content (AvgIpc) is 2.99. The Bertz CT molecular complexity index is 618. The minimum atomic E-state index is 0.0109. The highest BCUT2D eigenvalue weighted by molar-refractivity contribution is 6.01. The molecular weight excluding hydrogens is 270 g/mol. The summed E-state index contributed by atoms with van der Waals surface area (Å²) in [6.45, 7) is 3.11. The molecule has 112 valence electrons. The van der Waals surface area contributed by atoms with Crippen molar-refractivity contribution in [2.75, 3.05) is 40.4 Å². The molecule has 0 saturated carbocycles. The second-order valence-corrected chi connectivity index (χ2v) is 4.98. The van der Waals surface area contributed by atoms with Gasteiger partial charge in [0.05, 0.1) is 19.7 Å². The number of rotatable bonds is 3. The van der Waals surface area contributed by atoms with Gasteiger partial charge in [-0.15, -0.1) is 0 Å². The van der Waals surface area contributed by atoms with Gasteiger partial charge in [0, 0.05) is 31.6 Å². The van der Waals surface area contributed by atoms with Gasteiger partial charge in [-0.3, -0.25) is 4.79 Å². The van der Waals surface area contributed by atoms with Crippen LogP contribution in [0.5, 0.6) is 11.5 Å². The largest absolute Gasteiger partial charge is 0.496 e. The summed E-state index contributed by atoms with van der Waals surface area (Å²) in [4.78, 5) is 17.6. The molecule has 2 aromatic rings. The molecule has 0 atom stereocenters. The Morgan fingerprint density at radius 1 is 1.14 bits per heavy atom. The SMILES string of the molecule is COc1ccc(OC)c2[nH]c(C(=O)N3CCNCC3)cc12. The van der Waals surface area contributed by atoms with E-state index in [9.17, 15) is 4.79 Å². The van der Waals surface area contributed by atoms with E-state index < -0.39 is 0 Å². The number of ether oxygens (including phenoxy) is 2. The fourth-order valence-corrected chi connectivity index (χ4v) is 2.67. The van der Waals surface area contributed by atoms with Gasteiger partial charge in [0.2, 0.25) is 0 Å².